The molecule has 0 spiro atoms. The summed E-state index contributed by atoms with van der Waals surface area (Å²) < 4.78 is 15.6. The molecule has 1 N–H and O–H groups in total. The molecule has 0 heterocycles. The fraction of sp³-hybridized carbons (Fsp3) is 0.417. The van der Waals surface area contributed by atoms with Crippen molar-refractivity contribution in [3.8, 4) is 17.2 Å². The monoisotopic (exact) mass is 318 g/mol. The molecule has 6 heteroatoms. The van der Waals surface area contributed by atoms with Crippen LogP contribution in [-0.2, 0) is 11.2 Å². The third-order valence-corrected chi connectivity index (χ3v) is 3.12. The van der Waals surface area contributed by atoms with Crippen molar-refractivity contribution in [2.24, 2.45) is 0 Å². The van der Waals surface area contributed by atoms with Gasteiger partial charge in [0.2, 0.25) is 5.75 Å². The molecular weight excluding hydrogens is 304 g/mol. The van der Waals surface area contributed by atoms with Gasteiger partial charge in [-0.25, -0.2) is 0 Å². The van der Waals surface area contributed by atoms with Gasteiger partial charge in [0.1, 0.15) is 4.83 Å². The second-order valence-electron chi connectivity index (χ2n) is 3.54. The number of methoxy groups -OCH3 is 3. The lowest BCUT2D eigenvalue weighted by Gasteiger charge is -2.14. The van der Waals surface area contributed by atoms with E-state index in [2.05, 4.69) is 15.9 Å². The molecule has 100 valence electrons. The molecule has 0 bridgehead atoms. The second kappa shape index (κ2) is 6.49. The van der Waals surface area contributed by atoms with Gasteiger partial charge in [-0.3, -0.25) is 4.79 Å². The number of carboxylic acid groups (broad SMARTS) is 1. The molecule has 0 aliphatic rings. The number of benzene rings is 1. The van der Waals surface area contributed by atoms with Gasteiger partial charge in [-0.1, -0.05) is 15.9 Å². The van der Waals surface area contributed by atoms with Crippen LogP contribution >= 0.6 is 15.9 Å². The Morgan fingerprint density at radius 1 is 1.22 bits per heavy atom. The molecule has 5 nitrogen and oxygen atoms in total. The number of rotatable bonds is 6. The summed E-state index contributed by atoms with van der Waals surface area (Å²) in [5, 5.41) is 8.86. The van der Waals surface area contributed by atoms with Gasteiger partial charge in [0.25, 0.3) is 0 Å². The van der Waals surface area contributed by atoms with Gasteiger partial charge in [0.05, 0.1) is 21.3 Å². The predicted octanol–water partition coefficient (Wildman–Crippen LogP) is 2.10. The summed E-state index contributed by atoms with van der Waals surface area (Å²) in [4.78, 5) is 10.1. The van der Waals surface area contributed by atoms with E-state index in [1.54, 1.807) is 12.1 Å². The molecule has 18 heavy (non-hydrogen) atoms. The van der Waals surface area contributed by atoms with Gasteiger partial charge in [-0.2, -0.15) is 0 Å². The third-order valence-electron chi connectivity index (χ3n) is 2.41. The minimum atomic E-state index is -0.913. The standard InChI is InChI=1S/C12H15BrO5/c1-16-9-5-7(4-8(13)12(14)15)6-10(17-2)11(9)18-3/h5-6,8H,4H2,1-3H3,(H,14,15). The maximum atomic E-state index is 10.8. The van der Waals surface area contributed by atoms with E-state index in [4.69, 9.17) is 19.3 Å². The average molecular weight is 319 g/mol. The van der Waals surface area contributed by atoms with Gasteiger partial charge < -0.3 is 19.3 Å². The summed E-state index contributed by atoms with van der Waals surface area (Å²) in [6.45, 7) is 0. The van der Waals surface area contributed by atoms with Crippen LogP contribution in [0.5, 0.6) is 17.2 Å². The Balaban J connectivity index is 3.11. The molecule has 0 saturated carbocycles. The Hall–Kier alpha value is -1.43. The van der Waals surface area contributed by atoms with Crippen molar-refractivity contribution in [3.05, 3.63) is 17.7 Å². The zero-order chi connectivity index (χ0) is 13.7. The van der Waals surface area contributed by atoms with Crippen LogP contribution in [-0.4, -0.2) is 37.2 Å². The largest absolute Gasteiger partial charge is 0.493 e. The highest BCUT2D eigenvalue weighted by atomic mass is 79.9. The van der Waals surface area contributed by atoms with Crippen molar-refractivity contribution < 1.29 is 24.1 Å². The van der Waals surface area contributed by atoms with Crippen molar-refractivity contribution in [3.63, 3.8) is 0 Å². The molecule has 0 aromatic heterocycles. The van der Waals surface area contributed by atoms with Crippen LogP contribution in [0.3, 0.4) is 0 Å². The SMILES string of the molecule is COc1cc(CC(Br)C(=O)O)cc(OC)c1OC. The molecule has 1 aromatic rings. The normalized spacial score (nSPS) is 11.8. The highest BCUT2D eigenvalue weighted by Crippen LogP contribution is 2.38. The van der Waals surface area contributed by atoms with Gasteiger partial charge in [-0.15, -0.1) is 0 Å². The van der Waals surface area contributed by atoms with E-state index in [1.165, 1.54) is 21.3 Å². The van der Waals surface area contributed by atoms with Crippen molar-refractivity contribution in [1.29, 1.82) is 0 Å². The summed E-state index contributed by atoms with van der Waals surface area (Å²) >= 11 is 3.10. The number of halogens is 1. The van der Waals surface area contributed by atoms with E-state index in [0.29, 0.717) is 23.7 Å². The van der Waals surface area contributed by atoms with E-state index in [9.17, 15) is 4.79 Å². The Bertz CT molecular complexity index is 407. The van der Waals surface area contributed by atoms with Gasteiger partial charge >= 0.3 is 5.97 Å². The molecule has 1 unspecified atom stereocenters. The topological polar surface area (TPSA) is 65.0 Å². The summed E-state index contributed by atoms with van der Waals surface area (Å²) in [5.41, 5.74) is 0.786. The van der Waals surface area contributed by atoms with Gasteiger partial charge in [0, 0.05) is 0 Å². The van der Waals surface area contributed by atoms with Crippen molar-refractivity contribution in [2.75, 3.05) is 21.3 Å². The van der Waals surface area contributed by atoms with Crippen molar-refractivity contribution in [2.45, 2.75) is 11.2 Å². The summed E-state index contributed by atoms with van der Waals surface area (Å²) in [7, 11) is 4.55. The first-order valence-electron chi connectivity index (χ1n) is 5.19. The fourth-order valence-corrected chi connectivity index (χ4v) is 1.92. The number of hydrogen-bond donors (Lipinski definition) is 1. The van der Waals surface area contributed by atoms with E-state index < -0.39 is 10.8 Å². The minimum Gasteiger partial charge on any atom is -0.493 e. The lowest BCUT2D eigenvalue weighted by atomic mass is 10.1. The number of alkyl halides is 1. The maximum absolute atomic E-state index is 10.8. The van der Waals surface area contributed by atoms with E-state index >= 15 is 0 Å². The zero-order valence-electron chi connectivity index (χ0n) is 10.4. The first-order valence-corrected chi connectivity index (χ1v) is 6.10. The highest BCUT2D eigenvalue weighted by Gasteiger charge is 2.18. The van der Waals surface area contributed by atoms with E-state index in [-0.39, 0.29) is 0 Å². The molecule has 1 aromatic carbocycles. The third kappa shape index (κ3) is 3.29. The minimum absolute atomic E-state index is 0.325. The smallest absolute Gasteiger partial charge is 0.317 e. The Morgan fingerprint density at radius 2 is 1.72 bits per heavy atom. The molecule has 1 rings (SSSR count). The number of carbonyl (C=O) groups is 1. The van der Waals surface area contributed by atoms with E-state index in [0.717, 1.165) is 5.56 Å². The summed E-state index contributed by atoms with van der Waals surface area (Å²) in [6.07, 6.45) is 0.325. The number of carboxylic acids is 1. The average Bonchev–Trinajstić information content (AvgIpc) is 2.37. The fourth-order valence-electron chi connectivity index (χ4n) is 1.55. The maximum Gasteiger partial charge on any atom is 0.317 e. The summed E-state index contributed by atoms with van der Waals surface area (Å²) in [6, 6.07) is 3.47. The quantitative estimate of drug-likeness (QED) is 0.814. The summed E-state index contributed by atoms with van der Waals surface area (Å²) in [5.74, 6) is 0.600. The predicted molar refractivity (Wildman–Crippen MR) is 70.2 cm³/mol. The van der Waals surface area contributed by atoms with Crippen LogP contribution in [0.25, 0.3) is 0 Å². The number of ether oxygens (including phenoxy) is 3. The van der Waals surface area contributed by atoms with Gasteiger partial charge in [0.15, 0.2) is 11.5 Å². The van der Waals surface area contributed by atoms with Crippen LogP contribution in [0.2, 0.25) is 0 Å². The second-order valence-corrected chi connectivity index (χ2v) is 4.65. The first-order chi connectivity index (χ1) is 8.53. The molecule has 0 radical (unpaired) electrons. The van der Waals surface area contributed by atoms with Crippen LogP contribution in [0.1, 0.15) is 5.56 Å². The van der Waals surface area contributed by atoms with Crippen LogP contribution < -0.4 is 14.2 Å². The Labute approximate surface area is 114 Å². The molecule has 1 atom stereocenters. The molecule has 0 fully saturated rings. The molecule has 0 amide bonds. The van der Waals surface area contributed by atoms with Crippen LogP contribution in [0.15, 0.2) is 12.1 Å². The van der Waals surface area contributed by atoms with Crippen molar-refractivity contribution in [1.82, 2.24) is 0 Å². The van der Waals surface area contributed by atoms with Crippen LogP contribution in [0, 0.1) is 0 Å². The highest BCUT2D eigenvalue weighted by molar-refractivity contribution is 9.10. The van der Waals surface area contributed by atoms with Crippen molar-refractivity contribution >= 4 is 21.9 Å². The Kier molecular flexibility index (Phi) is 5.27. The molecule has 0 aliphatic carbocycles. The first kappa shape index (κ1) is 14.6. The molecular formula is C12H15BrO5. The lowest BCUT2D eigenvalue weighted by Crippen LogP contribution is -2.15. The zero-order valence-corrected chi connectivity index (χ0v) is 12.0. The molecule has 0 aliphatic heterocycles. The lowest BCUT2D eigenvalue weighted by molar-refractivity contribution is -0.136. The van der Waals surface area contributed by atoms with Crippen LogP contribution in [0.4, 0.5) is 0 Å². The Morgan fingerprint density at radius 3 is 2.06 bits per heavy atom. The molecule has 0 saturated heterocycles. The number of aliphatic carboxylic acids is 1. The number of hydrogen-bond acceptors (Lipinski definition) is 4. The van der Waals surface area contributed by atoms with E-state index in [1.807, 2.05) is 0 Å². The van der Waals surface area contributed by atoms with Gasteiger partial charge in [-0.05, 0) is 24.1 Å².